The molecule has 39 heavy (non-hydrogen) atoms. The Kier molecular flexibility index (Phi) is 4.39. The predicted molar refractivity (Wildman–Crippen MR) is 132 cm³/mol. The molecule has 1 N–H and O–H groups in total. The number of carbonyl (C=O) groups is 3. The standard InChI is InChI=1S/C30H36O9/c1-25(2)18-17(31)19(32)27(4)16(29(18)14-36-24(34)28(23(29)39-25)9-5-6-10-28)7-11-26(3)20(15-8-12-35-13-15)37-22(33)21-30(26,27)38-21/h8,12-13,16,18-21,23,32H,5-7,9-11,14H2,1-4H3. The maximum Gasteiger partial charge on any atom is 0.339 e. The van der Waals surface area contributed by atoms with Crippen molar-refractivity contribution < 1.29 is 42.9 Å². The molecule has 3 aliphatic carbocycles. The van der Waals surface area contributed by atoms with Crippen molar-refractivity contribution in [3.63, 3.8) is 0 Å². The van der Waals surface area contributed by atoms with Gasteiger partial charge in [0.25, 0.3) is 0 Å². The molecule has 0 amide bonds. The summed E-state index contributed by atoms with van der Waals surface area (Å²) in [5.74, 6) is -1.95. The van der Waals surface area contributed by atoms with Crippen molar-refractivity contribution in [2.45, 2.75) is 102 Å². The molecule has 0 aromatic carbocycles. The fraction of sp³-hybridized carbons (Fsp3) is 0.767. The van der Waals surface area contributed by atoms with E-state index in [1.54, 1.807) is 18.6 Å². The highest BCUT2D eigenvalue weighted by Crippen LogP contribution is 2.81. The van der Waals surface area contributed by atoms with Crippen LogP contribution in [-0.4, -0.2) is 58.9 Å². The second kappa shape index (κ2) is 6.97. The largest absolute Gasteiger partial charge is 0.472 e. The fourth-order valence-corrected chi connectivity index (χ4v) is 11.3. The van der Waals surface area contributed by atoms with Gasteiger partial charge in [0.05, 0.1) is 35.6 Å². The lowest BCUT2D eigenvalue weighted by Crippen LogP contribution is -2.77. The van der Waals surface area contributed by atoms with E-state index in [1.165, 1.54) is 0 Å². The second-order valence-electron chi connectivity index (χ2n) is 14.3. The van der Waals surface area contributed by atoms with E-state index >= 15 is 0 Å². The molecule has 10 unspecified atom stereocenters. The molecule has 7 fully saturated rings. The van der Waals surface area contributed by atoms with Gasteiger partial charge in [0.2, 0.25) is 0 Å². The first-order valence-electron chi connectivity index (χ1n) is 14.4. The number of Topliss-reactive ketones (excluding diaryl/α,β-unsaturated/α-hetero) is 1. The Morgan fingerprint density at radius 1 is 0.974 bits per heavy atom. The van der Waals surface area contributed by atoms with E-state index in [-0.39, 0.29) is 24.3 Å². The molecule has 4 aliphatic heterocycles. The third kappa shape index (κ3) is 2.35. The maximum atomic E-state index is 14.5. The van der Waals surface area contributed by atoms with E-state index in [0.717, 1.165) is 18.4 Å². The normalized spacial score (nSPS) is 52.2. The quantitative estimate of drug-likeness (QED) is 0.422. The van der Waals surface area contributed by atoms with Crippen molar-refractivity contribution in [2.75, 3.05) is 6.61 Å². The van der Waals surface area contributed by atoms with Crippen molar-refractivity contribution in [1.29, 1.82) is 0 Å². The number of hydrogen-bond donors (Lipinski definition) is 1. The molecule has 3 spiro atoms. The molecule has 0 bridgehead atoms. The fourth-order valence-electron chi connectivity index (χ4n) is 11.3. The van der Waals surface area contributed by atoms with Crippen molar-refractivity contribution in [1.82, 2.24) is 0 Å². The van der Waals surface area contributed by atoms with Crippen LogP contribution in [0.15, 0.2) is 23.0 Å². The van der Waals surface area contributed by atoms with Gasteiger partial charge in [-0.15, -0.1) is 0 Å². The number of fused-ring (bicyclic) bond motifs is 2. The lowest BCUT2D eigenvalue weighted by molar-refractivity contribution is -0.264. The van der Waals surface area contributed by atoms with E-state index in [4.69, 9.17) is 23.4 Å². The average Bonchev–Trinajstić information content (AvgIpc) is 3.20. The summed E-state index contributed by atoms with van der Waals surface area (Å²) in [6, 6.07) is 1.79. The zero-order chi connectivity index (χ0) is 27.4. The van der Waals surface area contributed by atoms with Crippen LogP contribution in [0.25, 0.3) is 0 Å². The number of ketones is 1. The van der Waals surface area contributed by atoms with Crippen LogP contribution in [0.3, 0.4) is 0 Å². The minimum absolute atomic E-state index is 0.0676. The number of hydrogen-bond acceptors (Lipinski definition) is 9. The Morgan fingerprint density at radius 2 is 1.72 bits per heavy atom. The minimum atomic E-state index is -1.38. The number of cyclic esters (lactones) is 2. The van der Waals surface area contributed by atoms with Crippen molar-refractivity contribution in [3.05, 3.63) is 24.2 Å². The third-order valence-electron chi connectivity index (χ3n) is 12.6. The predicted octanol–water partition coefficient (Wildman–Crippen LogP) is 3.28. The molecular weight excluding hydrogens is 504 g/mol. The number of carbonyl (C=O) groups excluding carboxylic acids is 3. The molecule has 3 saturated carbocycles. The Balaban J connectivity index is 1.34. The van der Waals surface area contributed by atoms with Crippen LogP contribution in [0.4, 0.5) is 0 Å². The van der Waals surface area contributed by atoms with E-state index in [2.05, 4.69) is 0 Å². The Morgan fingerprint density at radius 3 is 2.41 bits per heavy atom. The molecule has 1 aromatic heterocycles. The summed E-state index contributed by atoms with van der Waals surface area (Å²) in [5.41, 5.74) is -4.77. The van der Waals surface area contributed by atoms with Gasteiger partial charge < -0.3 is 28.5 Å². The molecule has 0 radical (unpaired) electrons. The van der Waals surface area contributed by atoms with Crippen LogP contribution < -0.4 is 0 Å². The van der Waals surface area contributed by atoms with Gasteiger partial charge in [-0.3, -0.25) is 9.59 Å². The summed E-state index contributed by atoms with van der Waals surface area (Å²) >= 11 is 0. The van der Waals surface area contributed by atoms with Gasteiger partial charge in [0, 0.05) is 21.8 Å². The first-order chi connectivity index (χ1) is 18.4. The molecule has 210 valence electrons. The molecule has 1 aromatic rings. The summed E-state index contributed by atoms with van der Waals surface area (Å²) in [7, 11) is 0. The van der Waals surface area contributed by atoms with Crippen LogP contribution in [0.5, 0.6) is 0 Å². The van der Waals surface area contributed by atoms with Crippen molar-refractivity contribution in [2.24, 2.45) is 33.5 Å². The Bertz CT molecular complexity index is 1300. The number of aliphatic hydroxyl groups excluding tert-OH is 1. The van der Waals surface area contributed by atoms with Crippen LogP contribution >= 0.6 is 0 Å². The van der Waals surface area contributed by atoms with Gasteiger partial charge in [0.15, 0.2) is 11.9 Å². The first kappa shape index (κ1) is 24.6. The maximum absolute atomic E-state index is 14.5. The number of rotatable bonds is 1. The third-order valence-corrected chi connectivity index (χ3v) is 12.6. The first-order valence-corrected chi connectivity index (χ1v) is 14.4. The van der Waals surface area contributed by atoms with E-state index in [1.807, 2.05) is 27.7 Å². The highest BCUT2D eigenvalue weighted by Gasteiger charge is 2.91. The van der Waals surface area contributed by atoms with Gasteiger partial charge in [-0.25, -0.2) is 4.79 Å². The summed E-state index contributed by atoms with van der Waals surface area (Å²) in [6.45, 7) is 7.86. The summed E-state index contributed by atoms with van der Waals surface area (Å²) < 4.78 is 30.7. The van der Waals surface area contributed by atoms with Gasteiger partial charge in [0.1, 0.15) is 24.4 Å². The molecular formula is C30H36O9. The van der Waals surface area contributed by atoms with E-state index in [0.29, 0.717) is 25.7 Å². The topological polar surface area (TPSA) is 125 Å². The number of ether oxygens (including phenoxy) is 4. The second-order valence-corrected chi connectivity index (χ2v) is 14.3. The Hall–Kier alpha value is -2.23. The number of furan rings is 1. The van der Waals surface area contributed by atoms with E-state index in [9.17, 15) is 19.5 Å². The van der Waals surface area contributed by atoms with Crippen LogP contribution in [-0.2, 0) is 33.3 Å². The van der Waals surface area contributed by atoms with Gasteiger partial charge in [-0.1, -0.05) is 26.7 Å². The highest BCUT2D eigenvalue weighted by atomic mass is 16.7. The number of aliphatic hydroxyl groups is 1. The molecule has 9 heteroatoms. The summed E-state index contributed by atoms with van der Waals surface area (Å²) in [6.07, 6.45) is 4.14. The zero-order valence-electron chi connectivity index (χ0n) is 22.9. The van der Waals surface area contributed by atoms with Crippen LogP contribution in [0.2, 0.25) is 0 Å². The van der Waals surface area contributed by atoms with Crippen LogP contribution in [0, 0.1) is 33.5 Å². The average molecular weight is 541 g/mol. The molecule has 9 nitrogen and oxygen atoms in total. The smallest absolute Gasteiger partial charge is 0.339 e. The zero-order valence-corrected chi connectivity index (χ0v) is 22.9. The highest BCUT2D eigenvalue weighted by molar-refractivity contribution is 5.92. The Labute approximate surface area is 226 Å². The minimum Gasteiger partial charge on any atom is -0.472 e. The molecule has 8 rings (SSSR count). The molecule has 4 saturated heterocycles. The van der Waals surface area contributed by atoms with Crippen molar-refractivity contribution >= 4 is 17.7 Å². The van der Waals surface area contributed by atoms with Crippen LogP contribution in [0.1, 0.15) is 77.9 Å². The van der Waals surface area contributed by atoms with Gasteiger partial charge >= 0.3 is 11.9 Å². The molecule has 10 atom stereocenters. The molecule has 7 aliphatic rings. The summed E-state index contributed by atoms with van der Waals surface area (Å²) in [4.78, 5) is 41.3. The van der Waals surface area contributed by atoms with Gasteiger partial charge in [-0.05, 0) is 51.5 Å². The number of esters is 2. The number of epoxide rings is 1. The van der Waals surface area contributed by atoms with E-state index < -0.39 is 69.2 Å². The van der Waals surface area contributed by atoms with Crippen molar-refractivity contribution in [3.8, 4) is 0 Å². The molecule has 5 heterocycles. The monoisotopic (exact) mass is 540 g/mol. The lowest BCUT2D eigenvalue weighted by Gasteiger charge is -2.67. The SMILES string of the molecule is CC1(C)OC2C3(CCCC3)C(=O)OCC23C1C(=O)C(O)C1(C)C3CCC2(C)C(c3ccoc3)OC(=O)C3OC321. The van der Waals surface area contributed by atoms with Gasteiger partial charge in [-0.2, -0.15) is 0 Å². The lowest BCUT2D eigenvalue weighted by atomic mass is 9.35. The summed E-state index contributed by atoms with van der Waals surface area (Å²) in [5, 5.41) is 12.1.